The van der Waals surface area contributed by atoms with Crippen LogP contribution in [-0.4, -0.2) is 19.0 Å². The van der Waals surface area contributed by atoms with Gasteiger partial charge in [-0.25, -0.2) is 9.18 Å². The molecule has 0 saturated heterocycles. The predicted molar refractivity (Wildman–Crippen MR) is 106 cm³/mol. The summed E-state index contributed by atoms with van der Waals surface area (Å²) < 4.78 is 18.3. The van der Waals surface area contributed by atoms with Crippen LogP contribution >= 0.6 is 0 Å². The van der Waals surface area contributed by atoms with Crippen LogP contribution in [0.3, 0.4) is 0 Å². The van der Waals surface area contributed by atoms with Crippen LogP contribution in [0, 0.1) is 5.82 Å². The molecule has 5 nitrogen and oxygen atoms in total. The number of rotatable bonds is 6. The Morgan fingerprint density at radius 3 is 2.32 bits per heavy atom. The van der Waals surface area contributed by atoms with E-state index in [4.69, 9.17) is 4.74 Å². The maximum atomic E-state index is 13.6. The number of ether oxygens (including phenoxy) is 1. The Morgan fingerprint density at radius 1 is 0.893 bits per heavy atom. The van der Waals surface area contributed by atoms with Gasteiger partial charge < -0.3 is 15.4 Å². The third-order valence-electron chi connectivity index (χ3n) is 4.05. The second kappa shape index (κ2) is 8.81. The number of esters is 1. The third kappa shape index (κ3) is 4.94. The molecule has 142 valence electrons. The number of nitrogens with one attached hydrogen (secondary N) is 2. The summed E-state index contributed by atoms with van der Waals surface area (Å²) in [6.07, 6.45) is -0.0347. The molecule has 3 aromatic rings. The van der Waals surface area contributed by atoms with Gasteiger partial charge in [0.15, 0.2) is 0 Å². The minimum Gasteiger partial charge on any atom is -0.465 e. The molecule has 3 aromatic carbocycles. The Balaban J connectivity index is 1.61. The van der Waals surface area contributed by atoms with Gasteiger partial charge in [0.1, 0.15) is 5.82 Å². The van der Waals surface area contributed by atoms with E-state index in [-0.39, 0.29) is 12.3 Å². The van der Waals surface area contributed by atoms with Gasteiger partial charge in [-0.15, -0.1) is 0 Å². The van der Waals surface area contributed by atoms with E-state index in [2.05, 4.69) is 10.6 Å². The van der Waals surface area contributed by atoms with Gasteiger partial charge >= 0.3 is 5.97 Å². The van der Waals surface area contributed by atoms with Gasteiger partial charge in [-0.1, -0.05) is 24.3 Å². The van der Waals surface area contributed by atoms with Crippen LogP contribution in [0.2, 0.25) is 0 Å². The van der Waals surface area contributed by atoms with Crippen molar-refractivity contribution in [2.24, 2.45) is 0 Å². The fourth-order valence-corrected chi connectivity index (χ4v) is 2.67. The van der Waals surface area contributed by atoms with Crippen molar-refractivity contribution >= 4 is 28.9 Å². The first-order chi connectivity index (χ1) is 13.5. The van der Waals surface area contributed by atoms with Crippen molar-refractivity contribution in [2.75, 3.05) is 17.7 Å². The minimum atomic E-state index is -0.406. The highest BCUT2D eigenvalue weighted by Gasteiger charge is 2.08. The zero-order valence-electron chi connectivity index (χ0n) is 15.2. The summed E-state index contributed by atoms with van der Waals surface area (Å²) in [4.78, 5) is 23.7. The number of hydrogen-bond acceptors (Lipinski definition) is 4. The van der Waals surface area contributed by atoms with Crippen LogP contribution in [-0.2, 0) is 16.0 Å². The van der Waals surface area contributed by atoms with Crippen molar-refractivity contribution in [3.63, 3.8) is 0 Å². The number of carbonyl (C=O) groups is 2. The van der Waals surface area contributed by atoms with Crippen LogP contribution in [0.15, 0.2) is 72.8 Å². The van der Waals surface area contributed by atoms with E-state index >= 15 is 0 Å². The minimum absolute atomic E-state index is 0.0347. The molecule has 0 fully saturated rings. The smallest absolute Gasteiger partial charge is 0.337 e. The molecule has 0 aliphatic heterocycles. The van der Waals surface area contributed by atoms with Crippen LogP contribution in [0.5, 0.6) is 0 Å². The van der Waals surface area contributed by atoms with E-state index in [0.29, 0.717) is 16.8 Å². The lowest BCUT2D eigenvalue weighted by molar-refractivity contribution is -0.115. The van der Waals surface area contributed by atoms with Crippen molar-refractivity contribution in [2.45, 2.75) is 6.42 Å². The maximum absolute atomic E-state index is 13.6. The lowest BCUT2D eigenvalue weighted by Crippen LogP contribution is -2.15. The summed E-state index contributed by atoms with van der Waals surface area (Å²) in [6, 6.07) is 20.2. The van der Waals surface area contributed by atoms with Crippen LogP contribution in [0.1, 0.15) is 15.9 Å². The van der Waals surface area contributed by atoms with Crippen LogP contribution < -0.4 is 10.6 Å². The Bertz CT molecular complexity index is 987. The molecule has 0 heterocycles. The Labute approximate surface area is 162 Å². The molecular weight excluding hydrogens is 359 g/mol. The van der Waals surface area contributed by atoms with Gasteiger partial charge in [-0.3, -0.25) is 4.79 Å². The number of hydrogen-bond donors (Lipinski definition) is 2. The van der Waals surface area contributed by atoms with E-state index in [1.54, 1.807) is 60.7 Å². The number of amides is 1. The molecular formula is C22H19FN2O3. The molecule has 0 aliphatic rings. The number of anilines is 3. The molecule has 3 rings (SSSR count). The molecule has 1 amide bonds. The Morgan fingerprint density at radius 2 is 1.61 bits per heavy atom. The van der Waals surface area contributed by atoms with Crippen LogP contribution in [0.25, 0.3) is 0 Å². The van der Waals surface area contributed by atoms with Gasteiger partial charge in [-0.2, -0.15) is 0 Å². The molecule has 0 aliphatic carbocycles. The third-order valence-corrected chi connectivity index (χ3v) is 4.05. The van der Waals surface area contributed by atoms with Crippen molar-refractivity contribution < 1.29 is 18.7 Å². The quantitative estimate of drug-likeness (QED) is 0.618. The summed E-state index contributed by atoms with van der Waals surface area (Å²) >= 11 is 0. The zero-order chi connectivity index (χ0) is 19.9. The fourth-order valence-electron chi connectivity index (χ4n) is 2.67. The van der Waals surface area contributed by atoms with Gasteiger partial charge in [0.2, 0.25) is 5.91 Å². The second-order valence-electron chi connectivity index (χ2n) is 6.09. The van der Waals surface area contributed by atoms with Crippen LogP contribution in [0.4, 0.5) is 21.5 Å². The van der Waals surface area contributed by atoms with Gasteiger partial charge in [0.25, 0.3) is 0 Å². The van der Waals surface area contributed by atoms with E-state index in [9.17, 15) is 14.0 Å². The highest BCUT2D eigenvalue weighted by molar-refractivity contribution is 5.92. The van der Waals surface area contributed by atoms with Crippen molar-refractivity contribution in [3.05, 3.63) is 89.7 Å². The summed E-state index contributed by atoms with van der Waals surface area (Å²) in [7, 11) is 1.33. The lowest BCUT2D eigenvalue weighted by atomic mass is 10.1. The summed E-state index contributed by atoms with van der Waals surface area (Å²) in [5.41, 5.74) is 2.93. The lowest BCUT2D eigenvalue weighted by Gasteiger charge is -2.10. The van der Waals surface area contributed by atoms with Gasteiger partial charge in [0, 0.05) is 17.1 Å². The van der Waals surface area contributed by atoms with Gasteiger partial charge in [0.05, 0.1) is 19.1 Å². The molecule has 0 radical (unpaired) electrons. The SMILES string of the molecule is COC(=O)c1cccc(Nc2ccc(NC(=O)Cc3ccccc3F)cc2)c1. The standard InChI is InChI=1S/C22H19FN2O3/c1-28-22(27)16-6-4-7-19(13-16)24-17-9-11-18(12-10-17)25-21(26)14-15-5-2-3-8-20(15)23/h2-13,24H,14H2,1H3,(H,25,26). The second-order valence-corrected chi connectivity index (χ2v) is 6.09. The Hall–Kier alpha value is -3.67. The monoisotopic (exact) mass is 378 g/mol. The summed E-state index contributed by atoms with van der Waals surface area (Å²) in [5, 5.41) is 5.93. The number of halogens is 1. The number of carbonyl (C=O) groups excluding carboxylic acids is 2. The average molecular weight is 378 g/mol. The van der Waals surface area contributed by atoms with Crippen molar-refractivity contribution in [1.82, 2.24) is 0 Å². The molecule has 0 bridgehead atoms. The maximum Gasteiger partial charge on any atom is 0.337 e. The molecule has 6 heteroatoms. The first kappa shape index (κ1) is 19.1. The highest BCUT2D eigenvalue weighted by Crippen LogP contribution is 2.20. The molecule has 0 aromatic heterocycles. The van der Waals surface area contributed by atoms with Gasteiger partial charge in [-0.05, 0) is 54.1 Å². The van der Waals surface area contributed by atoms with Crippen molar-refractivity contribution in [3.8, 4) is 0 Å². The molecule has 0 saturated carbocycles. The average Bonchev–Trinajstić information content (AvgIpc) is 2.71. The number of benzene rings is 3. The molecule has 0 spiro atoms. The summed E-state index contributed by atoms with van der Waals surface area (Å²) in [5.74, 6) is -1.10. The summed E-state index contributed by atoms with van der Waals surface area (Å²) in [6.45, 7) is 0. The van der Waals surface area contributed by atoms with E-state index in [1.165, 1.54) is 13.2 Å². The van der Waals surface area contributed by atoms with E-state index in [1.807, 2.05) is 6.07 Å². The number of methoxy groups -OCH3 is 1. The predicted octanol–water partition coefficient (Wildman–Crippen LogP) is 4.54. The zero-order valence-corrected chi connectivity index (χ0v) is 15.2. The largest absolute Gasteiger partial charge is 0.465 e. The fraction of sp³-hybridized carbons (Fsp3) is 0.0909. The van der Waals surface area contributed by atoms with Crippen molar-refractivity contribution in [1.29, 1.82) is 0 Å². The normalized spacial score (nSPS) is 10.2. The topological polar surface area (TPSA) is 67.4 Å². The molecule has 0 atom stereocenters. The Kier molecular flexibility index (Phi) is 6.01. The highest BCUT2D eigenvalue weighted by atomic mass is 19.1. The molecule has 2 N–H and O–H groups in total. The first-order valence-electron chi connectivity index (χ1n) is 8.64. The first-order valence-corrected chi connectivity index (χ1v) is 8.64. The molecule has 0 unspecified atom stereocenters. The van der Waals surface area contributed by atoms with E-state index in [0.717, 1.165) is 11.4 Å². The van der Waals surface area contributed by atoms with E-state index < -0.39 is 11.8 Å². The molecule has 28 heavy (non-hydrogen) atoms.